The third-order valence-corrected chi connectivity index (χ3v) is 8.26. The first-order valence-electron chi connectivity index (χ1n) is 14.6. The Morgan fingerprint density at radius 2 is 1.19 bits per heavy atom. The Balaban J connectivity index is 1.55. The minimum atomic E-state index is -1.44. The van der Waals surface area contributed by atoms with Gasteiger partial charge in [0.1, 0.15) is 40.6 Å². The molecule has 2 heterocycles. The summed E-state index contributed by atoms with van der Waals surface area (Å²) in [6, 6.07) is 10.9. The molecule has 14 heteroatoms. The Bertz CT molecular complexity index is 1950. The molecule has 4 aromatic rings. The fourth-order valence-corrected chi connectivity index (χ4v) is 6.29. The molecule has 0 saturated carbocycles. The predicted molar refractivity (Wildman–Crippen MR) is 162 cm³/mol. The van der Waals surface area contributed by atoms with Crippen molar-refractivity contribution in [2.24, 2.45) is 0 Å². The molecule has 8 N–H and O–H groups in total. The van der Waals surface area contributed by atoms with Gasteiger partial charge in [-0.1, -0.05) is 12.1 Å². The van der Waals surface area contributed by atoms with Gasteiger partial charge in [0.2, 0.25) is 0 Å². The molecule has 0 aliphatic carbocycles. The van der Waals surface area contributed by atoms with E-state index in [9.17, 15) is 50.4 Å². The zero-order chi connectivity index (χ0) is 34.6. The van der Waals surface area contributed by atoms with Crippen molar-refractivity contribution in [1.82, 2.24) is 0 Å². The first-order valence-corrected chi connectivity index (χ1v) is 14.6. The molecule has 0 unspecified atom stereocenters. The quantitative estimate of drug-likeness (QED) is 0.111. The zero-order valence-corrected chi connectivity index (χ0v) is 25.3. The van der Waals surface area contributed by atoms with Gasteiger partial charge >= 0.3 is 11.9 Å². The van der Waals surface area contributed by atoms with E-state index >= 15 is 0 Å². The molecule has 0 saturated heterocycles. The maximum absolute atomic E-state index is 12.5. The van der Waals surface area contributed by atoms with Crippen molar-refractivity contribution in [3.63, 3.8) is 0 Å². The fourth-order valence-electron chi connectivity index (χ4n) is 6.29. The molecule has 0 spiro atoms. The van der Waals surface area contributed by atoms with E-state index < -0.39 is 88.3 Å². The van der Waals surface area contributed by atoms with Crippen molar-refractivity contribution in [2.45, 2.75) is 50.6 Å². The van der Waals surface area contributed by atoms with Crippen LogP contribution in [0.5, 0.6) is 57.5 Å². The van der Waals surface area contributed by atoms with Gasteiger partial charge in [0.15, 0.2) is 41.3 Å². The number of phenols is 8. The Morgan fingerprint density at radius 3 is 1.77 bits per heavy atom. The van der Waals surface area contributed by atoms with Gasteiger partial charge in [-0.05, 0) is 24.3 Å². The van der Waals surface area contributed by atoms with Crippen LogP contribution in [0.4, 0.5) is 0 Å². The van der Waals surface area contributed by atoms with Gasteiger partial charge in [-0.15, -0.1) is 0 Å². The molecular formula is C34H30O14. The number of rotatable bonds is 5. The Labute approximate surface area is 271 Å². The fraction of sp³-hybridized carbons (Fsp3) is 0.235. The van der Waals surface area contributed by atoms with Gasteiger partial charge in [0.25, 0.3) is 0 Å². The molecule has 0 radical (unpaired) electrons. The molecule has 250 valence electrons. The van der Waals surface area contributed by atoms with Crippen molar-refractivity contribution in [3.05, 3.63) is 82.4 Å². The van der Waals surface area contributed by atoms with Gasteiger partial charge < -0.3 is 59.8 Å². The number of fused-ring (bicyclic) bond motifs is 2. The van der Waals surface area contributed by atoms with Gasteiger partial charge in [-0.25, -0.2) is 0 Å². The molecule has 5 atom stereocenters. The van der Waals surface area contributed by atoms with Crippen LogP contribution in [-0.4, -0.2) is 65.0 Å². The molecular weight excluding hydrogens is 632 g/mol. The highest BCUT2D eigenvalue weighted by atomic mass is 16.6. The first-order chi connectivity index (χ1) is 22.7. The summed E-state index contributed by atoms with van der Waals surface area (Å²) in [7, 11) is 0. The maximum Gasteiger partial charge on any atom is 0.303 e. The van der Waals surface area contributed by atoms with E-state index in [2.05, 4.69) is 0 Å². The monoisotopic (exact) mass is 662 g/mol. The molecule has 0 bridgehead atoms. The van der Waals surface area contributed by atoms with Gasteiger partial charge in [-0.2, -0.15) is 0 Å². The van der Waals surface area contributed by atoms with Crippen LogP contribution in [0.15, 0.2) is 54.6 Å². The molecule has 14 nitrogen and oxygen atoms in total. The summed E-state index contributed by atoms with van der Waals surface area (Å²) < 4.78 is 23.5. The van der Waals surface area contributed by atoms with Crippen molar-refractivity contribution in [1.29, 1.82) is 0 Å². The van der Waals surface area contributed by atoms with E-state index in [0.29, 0.717) is 5.56 Å². The lowest BCUT2D eigenvalue weighted by atomic mass is 9.77. The summed E-state index contributed by atoms with van der Waals surface area (Å²) >= 11 is 0. The van der Waals surface area contributed by atoms with Crippen LogP contribution >= 0.6 is 0 Å². The van der Waals surface area contributed by atoms with E-state index in [-0.39, 0.29) is 40.2 Å². The number of hydrogen-bond acceptors (Lipinski definition) is 14. The van der Waals surface area contributed by atoms with Crippen molar-refractivity contribution in [3.8, 4) is 57.5 Å². The third kappa shape index (κ3) is 5.57. The van der Waals surface area contributed by atoms with Crippen LogP contribution in [0.2, 0.25) is 0 Å². The molecule has 6 rings (SSSR count). The number of benzene rings is 4. The normalized spacial score (nSPS) is 21.2. The summed E-state index contributed by atoms with van der Waals surface area (Å²) in [5, 5.41) is 84.9. The van der Waals surface area contributed by atoms with E-state index in [0.717, 1.165) is 19.1 Å². The maximum atomic E-state index is 12.5. The Hall–Kier alpha value is -6.18. The number of aromatic hydroxyl groups is 8. The first kappa shape index (κ1) is 31.8. The average Bonchev–Trinajstić information content (AvgIpc) is 3.00. The van der Waals surface area contributed by atoms with E-state index in [1.165, 1.54) is 49.4 Å². The highest BCUT2D eigenvalue weighted by Crippen LogP contribution is 2.57. The predicted octanol–water partition coefficient (Wildman–Crippen LogP) is 4.14. The van der Waals surface area contributed by atoms with Crippen molar-refractivity contribution < 1.29 is 69.4 Å². The number of carbonyl (C=O) groups excluding carboxylic acids is 2. The lowest BCUT2D eigenvalue weighted by Crippen LogP contribution is -2.39. The second-order valence-electron chi connectivity index (χ2n) is 11.5. The van der Waals surface area contributed by atoms with E-state index in [1.807, 2.05) is 0 Å². The van der Waals surface area contributed by atoms with Gasteiger partial charge in [0.05, 0.1) is 5.92 Å². The number of ether oxygens (including phenoxy) is 4. The highest BCUT2D eigenvalue weighted by molar-refractivity contribution is 5.70. The number of hydrogen-bond donors (Lipinski definition) is 8. The smallest absolute Gasteiger partial charge is 0.303 e. The number of phenolic OH excluding ortho intramolecular Hbond substituents is 8. The van der Waals surface area contributed by atoms with Crippen LogP contribution in [0.25, 0.3) is 0 Å². The zero-order valence-electron chi connectivity index (χ0n) is 25.3. The van der Waals surface area contributed by atoms with Crippen LogP contribution in [0.3, 0.4) is 0 Å². The Kier molecular flexibility index (Phi) is 7.87. The highest BCUT2D eigenvalue weighted by Gasteiger charge is 2.48. The van der Waals surface area contributed by atoms with Gasteiger partial charge in [-0.3, -0.25) is 9.59 Å². The lowest BCUT2D eigenvalue weighted by Gasteiger charge is -2.40. The van der Waals surface area contributed by atoms with Crippen LogP contribution in [0, 0.1) is 0 Å². The summed E-state index contributed by atoms with van der Waals surface area (Å²) in [6.07, 6.45) is -5.03. The minimum Gasteiger partial charge on any atom is -0.508 e. The second kappa shape index (κ2) is 11.9. The second-order valence-corrected chi connectivity index (χ2v) is 11.5. The van der Waals surface area contributed by atoms with Crippen LogP contribution < -0.4 is 9.47 Å². The molecule has 2 aliphatic heterocycles. The third-order valence-electron chi connectivity index (χ3n) is 8.26. The summed E-state index contributed by atoms with van der Waals surface area (Å²) in [5.41, 5.74) is 0.243. The van der Waals surface area contributed by atoms with Gasteiger partial charge in [0, 0.05) is 66.3 Å². The van der Waals surface area contributed by atoms with Crippen molar-refractivity contribution in [2.75, 3.05) is 0 Å². The molecule has 0 fully saturated rings. The van der Waals surface area contributed by atoms with Crippen molar-refractivity contribution >= 4 is 11.9 Å². The molecule has 2 aliphatic rings. The topological polar surface area (TPSA) is 233 Å². The summed E-state index contributed by atoms with van der Waals surface area (Å²) in [4.78, 5) is 24.6. The van der Waals surface area contributed by atoms with Crippen LogP contribution in [-0.2, 0) is 25.5 Å². The molecule has 0 aromatic heterocycles. The minimum absolute atomic E-state index is 0.0269. The summed E-state index contributed by atoms with van der Waals surface area (Å²) in [6.45, 7) is 2.28. The number of carbonyl (C=O) groups is 2. The molecule has 48 heavy (non-hydrogen) atoms. The molecule has 4 aromatic carbocycles. The largest absolute Gasteiger partial charge is 0.508 e. The number of esters is 2. The lowest BCUT2D eigenvalue weighted by molar-refractivity contribution is -0.154. The van der Waals surface area contributed by atoms with E-state index in [4.69, 9.17) is 18.9 Å². The molecule has 0 amide bonds. The summed E-state index contributed by atoms with van der Waals surface area (Å²) in [5.74, 6) is -6.90. The van der Waals surface area contributed by atoms with E-state index in [1.54, 1.807) is 0 Å². The van der Waals surface area contributed by atoms with Crippen LogP contribution in [0.1, 0.15) is 59.8 Å². The standard InChI is InChI=1S/C34H30O14/c1-13(35)45-27-11-18-25(47-32(27)15-3-5-19(38)21(40)7-15)12-24(43)29(31(18)44)30-28-23(42)9-17(37)10-26(28)48-33(34(30)46-14(2)36)16-4-6-20(39)22(41)8-16/h3-10,12,27,30,32-34,37-44H,11H2,1-2H3/t27-,30-,32+,33+,34-/m0/s1. The average molecular weight is 663 g/mol. The Morgan fingerprint density at radius 1 is 0.625 bits per heavy atom. The SMILES string of the molecule is CC(=O)O[C@H]1[C@H](c2c(O)cc3c(c2O)C[C@H](OC(C)=O)[C@@H](c2ccc(O)c(O)c2)O3)c2c(O)cc(O)cc2O[C@@H]1c1ccc(O)c(O)c1.